The van der Waals surface area contributed by atoms with Gasteiger partial charge in [0, 0.05) is 6.42 Å². The van der Waals surface area contributed by atoms with Gasteiger partial charge in [-0.05, 0) is 0 Å². The molecule has 0 saturated carbocycles. The zero-order chi connectivity index (χ0) is 8.15. The molecule has 0 aromatic carbocycles. The number of nitrogens with two attached hydrogens (primary N) is 1. The highest BCUT2D eigenvalue weighted by molar-refractivity contribution is 5.73. The SMILES string of the molecule is N[C@H](CC(O)CO)C(=O)O. The molecule has 60 valence electrons. The first-order valence-corrected chi connectivity index (χ1v) is 2.85. The Kier molecular flexibility index (Phi) is 3.94. The minimum absolute atomic E-state index is 0.119. The van der Waals surface area contributed by atoms with E-state index in [1.165, 1.54) is 0 Å². The standard InChI is InChI=1S/C5H11NO4/c6-4(5(9)10)1-3(8)2-7/h3-4,7-8H,1-2,6H2,(H,9,10)/t3?,4-/m1/s1. The molecule has 5 nitrogen and oxygen atoms in total. The van der Waals surface area contributed by atoms with Crippen LogP contribution in [0.1, 0.15) is 6.42 Å². The van der Waals surface area contributed by atoms with Crippen LogP contribution in [-0.4, -0.2) is 40.0 Å². The van der Waals surface area contributed by atoms with E-state index in [1.54, 1.807) is 0 Å². The summed E-state index contributed by atoms with van der Waals surface area (Å²) >= 11 is 0. The maximum absolute atomic E-state index is 10.0. The van der Waals surface area contributed by atoms with Gasteiger partial charge < -0.3 is 21.1 Å². The molecular weight excluding hydrogens is 138 g/mol. The summed E-state index contributed by atoms with van der Waals surface area (Å²) in [6, 6.07) is -1.10. The van der Waals surface area contributed by atoms with E-state index in [-0.39, 0.29) is 6.42 Å². The Morgan fingerprint density at radius 3 is 2.40 bits per heavy atom. The quantitative estimate of drug-likeness (QED) is 0.375. The molecule has 0 aliphatic heterocycles. The van der Waals surface area contributed by atoms with Crippen LogP contribution in [0, 0.1) is 0 Å². The first-order valence-electron chi connectivity index (χ1n) is 2.85. The monoisotopic (exact) mass is 149 g/mol. The van der Waals surface area contributed by atoms with E-state index in [0.717, 1.165) is 0 Å². The first-order chi connectivity index (χ1) is 4.57. The number of carboxylic acids is 1. The van der Waals surface area contributed by atoms with Crippen LogP contribution < -0.4 is 5.73 Å². The Morgan fingerprint density at radius 1 is 1.60 bits per heavy atom. The number of carboxylic acid groups (broad SMARTS) is 1. The van der Waals surface area contributed by atoms with Crippen molar-refractivity contribution < 1.29 is 20.1 Å². The molecule has 0 radical (unpaired) electrons. The van der Waals surface area contributed by atoms with Crippen LogP contribution in [0.25, 0.3) is 0 Å². The molecule has 0 aliphatic carbocycles. The van der Waals surface area contributed by atoms with Crippen molar-refractivity contribution in [3.05, 3.63) is 0 Å². The Bertz CT molecular complexity index is 116. The predicted molar refractivity (Wildman–Crippen MR) is 33.3 cm³/mol. The number of aliphatic hydroxyl groups excluding tert-OH is 2. The molecule has 5 N–H and O–H groups in total. The van der Waals surface area contributed by atoms with Crippen LogP contribution in [-0.2, 0) is 4.79 Å². The number of carbonyl (C=O) groups is 1. The summed E-state index contributed by atoms with van der Waals surface area (Å²) in [5.74, 6) is -1.17. The van der Waals surface area contributed by atoms with Gasteiger partial charge in [-0.15, -0.1) is 0 Å². The summed E-state index contributed by atoms with van der Waals surface area (Å²) in [6.07, 6.45) is -1.16. The Labute approximate surface area is 58.1 Å². The maximum Gasteiger partial charge on any atom is 0.320 e. The van der Waals surface area contributed by atoms with Crippen LogP contribution in [0.3, 0.4) is 0 Å². The van der Waals surface area contributed by atoms with Crippen molar-refractivity contribution in [2.24, 2.45) is 5.73 Å². The lowest BCUT2D eigenvalue weighted by molar-refractivity contribution is -0.139. The van der Waals surface area contributed by atoms with Gasteiger partial charge in [-0.2, -0.15) is 0 Å². The molecular formula is C5H11NO4. The smallest absolute Gasteiger partial charge is 0.320 e. The van der Waals surface area contributed by atoms with E-state index in [4.69, 9.17) is 21.1 Å². The van der Waals surface area contributed by atoms with Crippen molar-refractivity contribution in [1.82, 2.24) is 0 Å². The second kappa shape index (κ2) is 4.21. The zero-order valence-electron chi connectivity index (χ0n) is 5.40. The number of hydrogen-bond donors (Lipinski definition) is 4. The van der Waals surface area contributed by atoms with Crippen LogP contribution in [0.5, 0.6) is 0 Å². The Hall–Kier alpha value is -0.650. The van der Waals surface area contributed by atoms with E-state index < -0.39 is 24.7 Å². The number of aliphatic hydroxyl groups is 2. The normalized spacial score (nSPS) is 16.3. The second-order valence-electron chi connectivity index (χ2n) is 2.02. The van der Waals surface area contributed by atoms with Gasteiger partial charge in [-0.25, -0.2) is 0 Å². The van der Waals surface area contributed by atoms with Crippen molar-refractivity contribution in [2.45, 2.75) is 18.6 Å². The van der Waals surface area contributed by atoms with Gasteiger partial charge >= 0.3 is 5.97 Å². The molecule has 0 spiro atoms. The lowest BCUT2D eigenvalue weighted by Gasteiger charge is -2.09. The molecule has 0 aliphatic rings. The summed E-state index contributed by atoms with van der Waals surface area (Å²) in [5.41, 5.74) is 5.02. The highest BCUT2D eigenvalue weighted by Crippen LogP contribution is 1.94. The predicted octanol–water partition coefficient (Wildman–Crippen LogP) is -1.86. The molecule has 10 heavy (non-hydrogen) atoms. The van der Waals surface area contributed by atoms with Crippen LogP contribution >= 0.6 is 0 Å². The molecule has 0 aromatic heterocycles. The number of hydrogen-bond acceptors (Lipinski definition) is 4. The zero-order valence-corrected chi connectivity index (χ0v) is 5.40. The summed E-state index contributed by atoms with van der Waals surface area (Å²) in [4.78, 5) is 10.0. The molecule has 2 atom stereocenters. The van der Waals surface area contributed by atoms with E-state index in [9.17, 15) is 4.79 Å². The van der Waals surface area contributed by atoms with Gasteiger partial charge in [0.25, 0.3) is 0 Å². The van der Waals surface area contributed by atoms with Crippen molar-refractivity contribution >= 4 is 5.97 Å². The molecule has 1 unspecified atom stereocenters. The largest absolute Gasteiger partial charge is 0.480 e. The van der Waals surface area contributed by atoms with Crippen molar-refractivity contribution in [3.63, 3.8) is 0 Å². The average Bonchev–Trinajstić information content (AvgIpc) is 1.87. The van der Waals surface area contributed by atoms with Gasteiger partial charge in [0.1, 0.15) is 6.04 Å². The number of aliphatic carboxylic acids is 1. The summed E-state index contributed by atoms with van der Waals surface area (Å²) in [7, 11) is 0. The van der Waals surface area contributed by atoms with E-state index in [0.29, 0.717) is 0 Å². The molecule has 0 amide bonds. The highest BCUT2D eigenvalue weighted by atomic mass is 16.4. The van der Waals surface area contributed by atoms with E-state index >= 15 is 0 Å². The van der Waals surface area contributed by atoms with E-state index in [2.05, 4.69) is 0 Å². The maximum atomic E-state index is 10.0. The second-order valence-corrected chi connectivity index (χ2v) is 2.02. The summed E-state index contributed by atoms with van der Waals surface area (Å²) < 4.78 is 0. The van der Waals surface area contributed by atoms with E-state index in [1.807, 2.05) is 0 Å². The van der Waals surface area contributed by atoms with Crippen LogP contribution in [0.2, 0.25) is 0 Å². The fourth-order valence-electron chi connectivity index (χ4n) is 0.468. The third kappa shape index (κ3) is 3.39. The minimum Gasteiger partial charge on any atom is -0.480 e. The first kappa shape index (κ1) is 9.35. The van der Waals surface area contributed by atoms with Gasteiger partial charge in [0.05, 0.1) is 12.7 Å². The third-order valence-corrected chi connectivity index (χ3v) is 1.05. The van der Waals surface area contributed by atoms with Gasteiger partial charge in [0.15, 0.2) is 0 Å². The van der Waals surface area contributed by atoms with Crippen molar-refractivity contribution in [2.75, 3.05) is 6.61 Å². The van der Waals surface area contributed by atoms with Crippen molar-refractivity contribution in [1.29, 1.82) is 0 Å². The summed E-state index contributed by atoms with van der Waals surface area (Å²) in [5, 5.41) is 25.2. The molecule has 0 heterocycles. The topological polar surface area (TPSA) is 104 Å². The molecule has 0 aromatic rings. The highest BCUT2D eigenvalue weighted by Gasteiger charge is 2.15. The van der Waals surface area contributed by atoms with Gasteiger partial charge in [-0.1, -0.05) is 0 Å². The molecule has 0 rings (SSSR count). The number of rotatable bonds is 4. The van der Waals surface area contributed by atoms with Gasteiger partial charge in [-0.3, -0.25) is 4.79 Å². The third-order valence-electron chi connectivity index (χ3n) is 1.05. The Balaban J connectivity index is 3.56. The Morgan fingerprint density at radius 2 is 2.10 bits per heavy atom. The fourth-order valence-corrected chi connectivity index (χ4v) is 0.468. The molecule has 0 saturated heterocycles. The minimum atomic E-state index is -1.17. The average molecular weight is 149 g/mol. The lowest BCUT2D eigenvalue weighted by Crippen LogP contribution is -2.35. The lowest BCUT2D eigenvalue weighted by atomic mass is 10.1. The van der Waals surface area contributed by atoms with Crippen LogP contribution in [0.4, 0.5) is 0 Å². The fraction of sp³-hybridized carbons (Fsp3) is 0.800. The van der Waals surface area contributed by atoms with Gasteiger partial charge in [0.2, 0.25) is 0 Å². The molecule has 0 bridgehead atoms. The molecule has 5 heteroatoms. The van der Waals surface area contributed by atoms with Crippen LogP contribution in [0.15, 0.2) is 0 Å². The molecule has 0 fully saturated rings. The van der Waals surface area contributed by atoms with Crippen molar-refractivity contribution in [3.8, 4) is 0 Å². The summed E-state index contributed by atoms with van der Waals surface area (Å²) in [6.45, 7) is -0.457.